The monoisotopic (exact) mass is 471 g/mol. The van der Waals surface area contributed by atoms with Crippen molar-refractivity contribution in [3.8, 4) is 0 Å². The van der Waals surface area contributed by atoms with E-state index >= 15 is 0 Å². The van der Waals surface area contributed by atoms with Crippen molar-refractivity contribution in [2.75, 3.05) is 6.54 Å². The van der Waals surface area contributed by atoms with Gasteiger partial charge in [0.25, 0.3) is 11.5 Å². The van der Waals surface area contributed by atoms with Crippen LogP contribution >= 0.6 is 23.2 Å². The van der Waals surface area contributed by atoms with Gasteiger partial charge in [0.05, 0.1) is 12.1 Å². The van der Waals surface area contributed by atoms with E-state index in [2.05, 4.69) is 15.5 Å². The Morgan fingerprint density at radius 3 is 2.52 bits per heavy atom. The van der Waals surface area contributed by atoms with E-state index in [1.165, 1.54) is 24.5 Å². The first-order valence-electron chi connectivity index (χ1n) is 9.26. The van der Waals surface area contributed by atoms with E-state index in [4.69, 9.17) is 28.0 Å². The number of rotatable bonds is 5. The number of carbonyl (C=O) groups excluding carboxylic acids is 1. The van der Waals surface area contributed by atoms with Gasteiger partial charge in [-0.2, -0.15) is 13.2 Å². The smallest absolute Gasteiger partial charge is 0.374 e. The number of nitrogens with zero attached hydrogens (tertiary/aromatic N) is 2. The van der Waals surface area contributed by atoms with Crippen molar-refractivity contribution in [2.45, 2.75) is 32.0 Å². The number of alkyl halides is 3. The minimum Gasteiger partial charge on any atom is -0.374 e. The number of aliphatic imine (C=N–C) groups is 1. The van der Waals surface area contributed by atoms with Crippen LogP contribution in [0, 0.1) is 6.92 Å². The molecule has 0 saturated heterocycles. The summed E-state index contributed by atoms with van der Waals surface area (Å²) in [6.45, 7) is 4.03. The Bertz CT molecular complexity index is 1050. The van der Waals surface area contributed by atoms with Crippen LogP contribution in [0.25, 0.3) is 0 Å². The van der Waals surface area contributed by atoms with Crippen LogP contribution in [0.15, 0.2) is 46.5 Å². The molecule has 0 saturated carbocycles. The lowest BCUT2D eigenvalue weighted by Gasteiger charge is -2.29. The zero-order valence-electron chi connectivity index (χ0n) is 16.6. The molecule has 0 fully saturated rings. The summed E-state index contributed by atoms with van der Waals surface area (Å²) < 4.78 is 42.3. The number of hydrogen-bond acceptors (Lipinski definition) is 4. The van der Waals surface area contributed by atoms with E-state index in [9.17, 15) is 18.0 Å². The number of halogens is 5. The van der Waals surface area contributed by atoms with Crippen molar-refractivity contribution in [2.24, 2.45) is 10.1 Å². The van der Waals surface area contributed by atoms with Gasteiger partial charge >= 0.3 is 6.18 Å². The summed E-state index contributed by atoms with van der Waals surface area (Å²) in [5.41, 5.74) is -1.50. The quantitative estimate of drug-likeness (QED) is 0.451. The number of carbonyl (C=O) groups is 1. The highest BCUT2D eigenvalue weighted by Gasteiger charge is 2.62. The van der Waals surface area contributed by atoms with Crippen molar-refractivity contribution in [3.05, 3.63) is 68.7 Å². The third-order valence-corrected chi connectivity index (χ3v) is 5.23. The predicted octanol–water partition coefficient (Wildman–Crippen LogP) is 5.66. The minimum atomic E-state index is -4.78. The topological polar surface area (TPSA) is 63.0 Å². The number of hydrogen-bond donors (Lipinski definition) is 1. The summed E-state index contributed by atoms with van der Waals surface area (Å²) in [6, 6.07) is 8.30. The second kappa shape index (κ2) is 8.88. The number of benzene rings is 2. The van der Waals surface area contributed by atoms with Gasteiger partial charge in [-0.05, 0) is 55.3 Å². The lowest BCUT2D eigenvalue weighted by Crippen LogP contribution is -2.42. The summed E-state index contributed by atoms with van der Waals surface area (Å²) in [5.74, 6) is -0.371. The normalized spacial score (nSPS) is 18.7. The lowest BCUT2D eigenvalue weighted by atomic mass is 9.86. The molecule has 1 aliphatic rings. The van der Waals surface area contributed by atoms with Crippen molar-refractivity contribution in [1.82, 2.24) is 5.32 Å². The first kappa shape index (κ1) is 23.1. The Labute approximate surface area is 186 Å². The molecule has 3 rings (SSSR count). The maximum absolute atomic E-state index is 14.1. The van der Waals surface area contributed by atoms with Gasteiger partial charge in [-0.15, -0.1) is 0 Å². The van der Waals surface area contributed by atoms with Crippen LogP contribution in [0.2, 0.25) is 10.0 Å². The molecule has 31 heavy (non-hydrogen) atoms. The largest absolute Gasteiger partial charge is 0.435 e. The molecule has 0 unspecified atom stereocenters. The molecule has 0 radical (unpaired) electrons. The number of amides is 1. The fraction of sp³-hybridized carbons (Fsp3) is 0.286. The highest BCUT2D eigenvalue weighted by molar-refractivity contribution is 6.34. The fourth-order valence-electron chi connectivity index (χ4n) is 3.22. The average Bonchev–Trinajstić information content (AvgIpc) is 3.14. The Hall–Kier alpha value is -2.58. The van der Waals surface area contributed by atoms with Crippen molar-refractivity contribution >= 4 is 41.2 Å². The molecule has 0 spiro atoms. The van der Waals surface area contributed by atoms with Gasteiger partial charge < -0.3 is 10.2 Å². The summed E-state index contributed by atoms with van der Waals surface area (Å²) >= 11 is 11.8. The zero-order valence-corrected chi connectivity index (χ0v) is 18.1. The van der Waals surface area contributed by atoms with Crippen LogP contribution in [-0.4, -0.2) is 30.7 Å². The van der Waals surface area contributed by atoms with Gasteiger partial charge in [0.15, 0.2) is 0 Å². The highest BCUT2D eigenvalue weighted by Crippen LogP contribution is 2.49. The number of aryl methyl sites for hydroxylation is 1. The third-order valence-electron chi connectivity index (χ3n) is 4.79. The van der Waals surface area contributed by atoms with Gasteiger partial charge in [0.2, 0.25) is 0 Å². The molecule has 164 valence electrons. The Kier molecular flexibility index (Phi) is 6.62. The molecule has 2 aromatic rings. The van der Waals surface area contributed by atoms with Crippen molar-refractivity contribution < 1.29 is 22.8 Å². The molecular weight excluding hydrogens is 454 g/mol. The lowest BCUT2D eigenvalue weighted by molar-refractivity contribution is -0.275. The predicted molar refractivity (Wildman–Crippen MR) is 114 cm³/mol. The Balaban J connectivity index is 1.91. The molecule has 0 aliphatic carbocycles. The van der Waals surface area contributed by atoms with Crippen LogP contribution in [0.5, 0.6) is 0 Å². The van der Waals surface area contributed by atoms with Gasteiger partial charge in [-0.25, -0.2) is 0 Å². The van der Waals surface area contributed by atoms with Crippen LogP contribution in [0.3, 0.4) is 0 Å². The summed E-state index contributed by atoms with van der Waals surface area (Å²) in [4.78, 5) is 21.1. The summed E-state index contributed by atoms with van der Waals surface area (Å²) in [7, 11) is 0. The molecule has 1 N–H and O–H groups in total. The van der Waals surface area contributed by atoms with Gasteiger partial charge in [0.1, 0.15) is 0 Å². The standard InChI is InChI=1S/C21H18Cl2F3N3O2/c1-3-27-11-28-19(30)17-5-4-13(6-12(17)2)18-10-20(31-29-18,21(24,25)26)14-7-15(22)9-16(23)8-14/h4-9,11H,3,10H2,1-2H3,(H,27,28,30)/t20-/m0/s1. The molecule has 2 aromatic carbocycles. The molecule has 10 heteroatoms. The summed E-state index contributed by atoms with van der Waals surface area (Å²) in [5, 5.41) is 6.38. The third kappa shape index (κ3) is 4.70. The van der Waals surface area contributed by atoms with Gasteiger partial charge in [-0.3, -0.25) is 9.79 Å². The van der Waals surface area contributed by atoms with Crippen LogP contribution in [0.4, 0.5) is 13.2 Å². The van der Waals surface area contributed by atoms with Crippen molar-refractivity contribution in [1.29, 1.82) is 0 Å². The molecule has 1 heterocycles. The molecule has 1 atom stereocenters. The Morgan fingerprint density at radius 1 is 1.26 bits per heavy atom. The van der Waals surface area contributed by atoms with E-state index in [1.807, 2.05) is 6.92 Å². The van der Waals surface area contributed by atoms with Crippen LogP contribution < -0.4 is 5.32 Å². The first-order valence-corrected chi connectivity index (χ1v) is 10.0. The maximum Gasteiger partial charge on any atom is 0.435 e. The van der Waals surface area contributed by atoms with E-state index in [1.54, 1.807) is 13.0 Å². The van der Waals surface area contributed by atoms with E-state index < -0.39 is 18.2 Å². The Morgan fingerprint density at radius 2 is 1.94 bits per heavy atom. The fourth-order valence-corrected chi connectivity index (χ4v) is 3.74. The molecule has 0 aromatic heterocycles. The maximum atomic E-state index is 14.1. The zero-order chi connectivity index (χ0) is 22.8. The average molecular weight is 472 g/mol. The van der Waals surface area contributed by atoms with E-state index in [0.717, 1.165) is 12.1 Å². The first-order chi connectivity index (χ1) is 14.6. The second-order valence-corrected chi connectivity index (χ2v) is 7.79. The number of oxime groups is 1. The van der Waals surface area contributed by atoms with Crippen LogP contribution in [-0.2, 0) is 10.4 Å². The number of nitrogens with one attached hydrogen (secondary N) is 1. The molecule has 0 bridgehead atoms. The second-order valence-electron chi connectivity index (χ2n) is 6.92. The van der Waals surface area contributed by atoms with Crippen LogP contribution in [0.1, 0.15) is 40.4 Å². The van der Waals surface area contributed by atoms with Gasteiger partial charge in [0, 0.05) is 34.1 Å². The van der Waals surface area contributed by atoms with Gasteiger partial charge in [-0.1, -0.05) is 34.4 Å². The minimum absolute atomic E-state index is 0.0565. The molecular formula is C21H18Cl2F3N3O2. The SMILES string of the molecule is CCN=CNC(=O)c1ccc(C2=NO[C@@](c3cc(Cl)cc(Cl)c3)(C(F)(F)F)C2)cc1C. The summed E-state index contributed by atoms with van der Waals surface area (Å²) in [6.07, 6.45) is -4.04. The molecule has 5 nitrogen and oxygen atoms in total. The van der Waals surface area contributed by atoms with Crippen molar-refractivity contribution in [3.63, 3.8) is 0 Å². The van der Waals surface area contributed by atoms with E-state index in [0.29, 0.717) is 23.2 Å². The molecule has 1 aliphatic heterocycles. The highest BCUT2D eigenvalue weighted by atomic mass is 35.5. The molecule has 1 amide bonds. The van der Waals surface area contributed by atoms with E-state index in [-0.39, 0.29) is 27.2 Å².